The lowest BCUT2D eigenvalue weighted by molar-refractivity contribution is -0.127. The largest absolute Gasteiger partial charge is 0.493 e. The summed E-state index contributed by atoms with van der Waals surface area (Å²) in [7, 11) is 3.26. The van der Waals surface area contributed by atoms with E-state index in [1.165, 1.54) is 0 Å². The Balaban J connectivity index is 1.55. The molecule has 1 fully saturated rings. The van der Waals surface area contributed by atoms with Crippen molar-refractivity contribution < 1.29 is 14.3 Å². The average molecular weight is 432 g/mol. The number of rotatable bonds is 8. The molecular formula is C26H29N3O3. The molecule has 2 N–H and O–H groups in total. The third-order valence-corrected chi connectivity index (χ3v) is 6.33. The summed E-state index contributed by atoms with van der Waals surface area (Å²) in [6, 6.07) is 18.1. The molecule has 1 aliphatic rings. The maximum atomic E-state index is 12.7. The second-order valence-corrected chi connectivity index (χ2v) is 8.37. The van der Waals surface area contributed by atoms with Crippen LogP contribution in [0.3, 0.4) is 0 Å². The van der Waals surface area contributed by atoms with Crippen molar-refractivity contribution >= 4 is 5.91 Å². The zero-order valence-electron chi connectivity index (χ0n) is 18.6. The van der Waals surface area contributed by atoms with E-state index in [0.717, 1.165) is 41.8 Å². The van der Waals surface area contributed by atoms with Crippen molar-refractivity contribution in [3.05, 3.63) is 78.1 Å². The van der Waals surface area contributed by atoms with Gasteiger partial charge in [0.15, 0.2) is 11.5 Å². The highest BCUT2D eigenvalue weighted by Crippen LogP contribution is 2.38. The van der Waals surface area contributed by atoms with Gasteiger partial charge in [-0.15, -0.1) is 0 Å². The van der Waals surface area contributed by atoms with Gasteiger partial charge in [0.1, 0.15) is 0 Å². The van der Waals surface area contributed by atoms with E-state index in [1.54, 1.807) is 20.4 Å². The number of benzene rings is 2. The minimum atomic E-state index is -0.602. The summed E-state index contributed by atoms with van der Waals surface area (Å²) in [5.41, 5.74) is 9.76. The molecule has 0 saturated carbocycles. The summed E-state index contributed by atoms with van der Waals surface area (Å²) >= 11 is 0. The lowest BCUT2D eigenvalue weighted by atomic mass is 9.78. The van der Waals surface area contributed by atoms with Crippen LogP contribution in [0.15, 0.2) is 67.0 Å². The molecule has 0 aliphatic carbocycles. The van der Waals surface area contributed by atoms with Crippen molar-refractivity contribution in [2.45, 2.75) is 19.4 Å². The van der Waals surface area contributed by atoms with E-state index in [0.29, 0.717) is 24.5 Å². The van der Waals surface area contributed by atoms with Gasteiger partial charge in [0.25, 0.3) is 0 Å². The molecule has 1 unspecified atom stereocenters. The molecule has 1 atom stereocenters. The Hall–Kier alpha value is -3.38. The Morgan fingerprint density at radius 1 is 1.09 bits per heavy atom. The topological polar surface area (TPSA) is 77.7 Å². The number of methoxy groups -OCH3 is 2. The quantitative estimate of drug-likeness (QED) is 0.589. The number of hydrogen-bond acceptors (Lipinski definition) is 5. The summed E-state index contributed by atoms with van der Waals surface area (Å²) in [4.78, 5) is 19.2. The lowest BCUT2D eigenvalue weighted by Crippen LogP contribution is -2.41. The van der Waals surface area contributed by atoms with Crippen LogP contribution in [0, 0.1) is 5.41 Å². The second kappa shape index (κ2) is 9.40. The molecule has 166 valence electrons. The first-order chi connectivity index (χ1) is 15.5. The fourth-order valence-electron chi connectivity index (χ4n) is 4.61. The molecule has 1 amide bonds. The number of hydrogen-bond donors (Lipinski definition) is 1. The third-order valence-electron chi connectivity index (χ3n) is 6.33. The van der Waals surface area contributed by atoms with E-state index in [2.05, 4.69) is 22.0 Å². The van der Waals surface area contributed by atoms with Gasteiger partial charge in [0, 0.05) is 31.0 Å². The Morgan fingerprint density at radius 2 is 1.91 bits per heavy atom. The number of ether oxygens (including phenoxy) is 2. The number of aromatic nitrogens is 1. The van der Waals surface area contributed by atoms with E-state index in [-0.39, 0.29) is 5.91 Å². The van der Waals surface area contributed by atoms with Gasteiger partial charge in [-0.25, -0.2) is 0 Å². The molecule has 3 aromatic rings. The number of carbonyl (C=O) groups excluding carboxylic acids is 1. The number of nitrogens with zero attached hydrogens (tertiary/aromatic N) is 2. The molecule has 2 heterocycles. The molecule has 0 bridgehead atoms. The molecule has 0 radical (unpaired) electrons. The van der Waals surface area contributed by atoms with Crippen molar-refractivity contribution in [3.8, 4) is 22.6 Å². The molecule has 0 spiro atoms. The highest BCUT2D eigenvalue weighted by atomic mass is 16.5. The minimum Gasteiger partial charge on any atom is -0.493 e. The van der Waals surface area contributed by atoms with Gasteiger partial charge < -0.3 is 15.2 Å². The van der Waals surface area contributed by atoms with Gasteiger partial charge >= 0.3 is 0 Å². The average Bonchev–Trinajstić information content (AvgIpc) is 3.23. The molecule has 1 saturated heterocycles. The van der Waals surface area contributed by atoms with Crippen LogP contribution in [0.1, 0.15) is 17.5 Å². The summed E-state index contributed by atoms with van der Waals surface area (Å²) in [6.07, 6.45) is 4.96. The van der Waals surface area contributed by atoms with E-state index < -0.39 is 5.41 Å². The summed E-state index contributed by atoms with van der Waals surface area (Å²) in [5, 5.41) is 0. The molecule has 2 aromatic carbocycles. The van der Waals surface area contributed by atoms with Crippen LogP contribution in [0.4, 0.5) is 0 Å². The van der Waals surface area contributed by atoms with Gasteiger partial charge in [0.05, 0.1) is 19.6 Å². The number of pyridine rings is 1. The third kappa shape index (κ3) is 4.46. The van der Waals surface area contributed by atoms with Gasteiger partial charge in [-0.1, -0.05) is 36.4 Å². The number of likely N-dealkylation sites (tertiary alicyclic amines) is 1. The maximum Gasteiger partial charge on any atom is 0.225 e. The predicted molar refractivity (Wildman–Crippen MR) is 124 cm³/mol. The summed E-state index contributed by atoms with van der Waals surface area (Å²) in [5.74, 6) is 1.17. The minimum absolute atomic E-state index is 0.242. The molecule has 32 heavy (non-hydrogen) atoms. The highest BCUT2D eigenvalue weighted by Gasteiger charge is 2.43. The van der Waals surface area contributed by atoms with Crippen molar-refractivity contribution in [2.24, 2.45) is 11.1 Å². The van der Waals surface area contributed by atoms with Gasteiger partial charge in [-0.3, -0.25) is 14.7 Å². The maximum absolute atomic E-state index is 12.7. The van der Waals surface area contributed by atoms with Crippen LogP contribution < -0.4 is 15.2 Å². The standard InChI is InChI=1S/C26H29N3O3/c1-31-23-10-9-19(14-24(23)32-2)17-29-13-11-26(18-29,25(27)30)15-20-6-3-4-8-22(20)21-7-5-12-28-16-21/h3-10,12,14,16H,11,13,15,17-18H2,1-2H3,(H2,27,30). The monoisotopic (exact) mass is 431 g/mol. The number of nitrogens with two attached hydrogens (primary N) is 1. The van der Waals surface area contributed by atoms with E-state index in [4.69, 9.17) is 15.2 Å². The Kier molecular flexibility index (Phi) is 6.42. The fourth-order valence-corrected chi connectivity index (χ4v) is 4.61. The van der Waals surface area contributed by atoms with Gasteiger partial charge in [-0.2, -0.15) is 0 Å². The van der Waals surface area contributed by atoms with Gasteiger partial charge in [0.2, 0.25) is 5.91 Å². The zero-order chi connectivity index (χ0) is 22.6. The van der Waals surface area contributed by atoms with Crippen molar-refractivity contribution in [1.29, 1.82) is 0 Å². The second-order valence-electron chi connectivity index (χ2n) is 8.37. The predicted octanol–water partition coefficient (Wildman–Crippen LogP) is 3.69. The summed E-state index contributed by atoms with van der Waals surface area (Å²) in [6.45, 7) is 2.16. The van der Waals surface area contributed by atoms with Crippen LogP contribution >= 0.6 is 0 Å². The summed E-state index contributed by atoms with van der Waals surface area (Å²) < 4.78 is 10.8. The van der Waals surface area contributed by atoms with Crippen molar-refractivity contribution in [1.82, 2.24) is 9.88 Å². The first-order valence-corrected chi connectivity index (χ1v) is 10.8. The molecular weight excluding hydrogens is 402 g/mol. The molecule has 1 aliphatic heterocycles. The van der Waals surface area contributed by atoms with E-state index in [9.17, 15) is 4.79 Å². The number of amides is 1. The first-order valence-electron chi connectivity index (χ1n) is 10.8. The normalized spacial score (nSPS) is 18.4. The fraction of sp³-hybridized carbons (Fsp3) is 0.308. The number of primary amides is 1. The van der Waals surface area contributed by atoms with Crippen LogP contribution in [0.2, 0.25) is 0 Å². The Bertz CT molecular complexity index is 1090. The van der Waals surface area contributed by atoms with E-state index in [1.807, 2.05) is 48.7 Å². The van der Waals surface area contributed by atoms with Crippen LogP contribution in [0.25, 0.3) is 11.1 Å². The molecule has 6 nitrogen and oxygen atoms in total. The van der Waals surface area contributed by atoms with E-state index >= 15 is 0 Å². The lowest BCUT2D eigenvalue weighted by Gasteiger charge is -2.27. The van der Waals surface area contributed by atoms with Crippen molar-refractivity contribution in [3.63, 3.8) is 0 Å². The molecule has 6 heteroatoms. The highest BCUT2D eigenvalue weighted by molar-refractivity contribution is 5.82. The Labute approximate surface area is 189 Å². The molecule has 4 rings (SSSR count). The zero-order valence-corrected chi connectivity index (χ0v) is 18.6. The smallest absolute Gasteiger partial charge is 0.225 e. The first kappa shape index (κ1) is 21.8. The Morgan fingerprint density at radius 3 is 2.62 bits per heavy atom. The number of carbonyl (C=O) groups is 1. The van der Waals surface area contributed by atoms with Crippen LogP contribution in [-0.4, -0.2) is 43.1 Å². The van der Waals surface area contributed by atoms with Crippen molar-refractivity contribution in [2.75, 3.05) is 27.3 Å². The molecule has 1 aromatic heterocycles. The van der Waals surface area contributed by atoms with Crippen LogP contribution in [-0.2, 0) is 17.8 Å². The van der Waals surface area contributed by atoms with Gasteiger partial charge in [-0.05, 0) is 54.3 Å². The van der Waals surface area contributed by atoms with Crippen LogP contribution in [0.5, 0.6) is 11.5 Å². The SMILES string of the molecule is COc1ccc(CN2CCC(Cc3ccccc3-c3cccnc3)(C(N)=O)C2)cc1OC.